The van der Waals surface area contributed by atoms with E-state index in [2.05, 4.69) is 4.18 Å². The van der Waals surface area contributed by atoms with Crippen molar-refractivity contribution >= 4 is 21.7 Å². The number of hydrogen-bond acceptors (Lipinski definition) is 3. The number of halogens is 1. The molecule has 0 aliphatic rings. The minimum atomic E-state index is -3.39. The Balaban J connectivity index is 3.89. The summed E-state index contributed by atoms with van der Waals surface area (Å²) in [5, 5.41) is -0.483. The number of rotatable bonds is 2. The highest BCUT2D eigenvalue weighted by atomic mass is 35.5. The lowest BCUT2D eigenvalue weighted by atomic mass is 11.8. The van der Waals surface area contributed by atoms with E-state index in [1.165, 1.54) is 0 Å². The average molecular weight is 145 g/mol. The zero-order valence-corrected chi connectivity index (χ0v) is 5.29. The van der Waals surface area contributed by atoms with Gasteiger partial charge in [0.2, 0.25) is 0 Å². The van der Waals surface area contributed by atoms with Gasteiger partial charge in [0.25, 0.3) is 10.1 Å². The van der Waals surface area contributed by atoms with Gasteiger partial charge in [-0.2, -0.15) is 8.42 Å². The predicted molar refractivity (Wildman–Crippen MR) is 26.6 cm³/mol. The summed E-state index contributed by atoms with van der Waals surface area (Å²) in [7, 11) is -2.32. The number of hydrogen-bond donors (Lipinski definition) is 0. The second kappa shape index (κ2) is 2.49. The van der Waals surface area contributed by atoms with Crippen LogP contribution in [-0.2, 0) is 14.3 Å². The van der Waals surface area contributed by atoms with Gasteiger partial charge in [-0.3, -0.25) is 4.18 Å². The Morgan fingerprint density at radius 3 is 2.14 bits per heavy atom. The second-order valence-electron chi connectivity index (χ2n) is 0.833. The molecule has 0 heterocycles. The van der Waals surface area contributed by atoms with Crippen molar-refractivity contribution in [2.24, 2.45) is 0 Å². The lowest BCUT2D eigenvalue weighted by Crippen LogP contribution is -2.01. The molecule has 44 valence electrons. The Morgan fingerprint density at radius 1 is 1.71 bits per heavy atom. The molecule has 0 unspecified atom stereocenters. The zero-order chi connectivity index (χ0) is 5.91. The van der Waals surface area contributed by atoms with Gasteiger partial charge in [-0.25, -0.2) is 0 Å². The third-order valence-corrected chi connectivity index (χ3v) is 1.96. The van der Waals surface area contributed by atoms with Gasteiger partial charge in [0, 0.05) is 0 Å². The lowest BCUT2D eigenvalue weighted by molar-refractivity contribution is 0.402. The topological polar surface area (TPSA) is 43.4 Å². The van der Waals surface area contributed by atoms with Crippen molar-refractivity contribution in [1.82, 2.24) is 0 Å². The molecule has 0 amide bonds. The molecule has 3 nitrogen and oxygen atoms in total. The van der Waals surface area contributed by atoms with E-state index < -0.39 is 15.3 Å². The Morgan fingerprint density at radius 2 is 2.14 bits per heavy atom. The van der Waals surface area contributed by atoms with Crippen molar-refractivity contribution < 1.29 is 12.6 Å². The van der Waals surface area contributed by atoms with Crippen molar-refractivity contribution in [3.8, 4) is 0 Å². The van der Waals surface area contributed by atoms with Crippen molar-refractivity contribution in [2.75, 3.05) is 12.3 Å². The molecule has 0 aliphatic carbocycles. The van der Waals surface area contributed by atoms with E-state index in [9.17, 15) is 8.42 Å². The first-order valence-electron chi connectivity index (χ1n) is 1.46. The van der Waals surface area contributed by atoms with E-state index in [1.807, 2.05) is 0 Å². The quantitative estimate of drug-likeness (QED) is 0.410. The minimum Gasteiger partial charge on any atom is -0.273 e. The Kier molecular flexibility index (Phi) is 2.56. The van der Waals surface area contributed by atoms with Gasteiger partial charge < -0.3 is 0 Å². The molecule has 0 fully saturated rings. The normalized spacial score (nSPS) is 11.7. The van der Waals surface area contributed by atoms with Gasteiger partial charge in [0.15, 0.2) is 0 Å². The van der Waals surface area contributed by atoms with Crippen LogP contribution in [0.15, 0.2) is 0 Å². The first-order valence-corrected chi connectivity index (χ1v) is 3.58. The molecular weight excluding hydrogens is 140 g/mol. The highest BCUT2D eigenvalue weighted by molar-refractivity contribution is 7.87. The smallest absolute Gasteiger partial charge is 0.273 e. The maximum Gasteiger partial charge on any atom is 0.281 e. The molecule has 0 aromatic carbocycles. The Bertz CT molecular complexity index is 116. The van der Waals surface area contributed by atoms with E-state index in [4.69, 9.17) is 11.6 Å². The summed E-state index contributed by atoms with van der Waals surface area (Å²) in [5.74, 6) is 0. The molecule has 0 rings (SSSR count). The van der Waals surface area contributed by atoms with Crippen LogP contribution in [0.1, 0.15) is 0 Å². The van der Waals surface area contributed by atoms with E-state index >= 15 is 0 Å². The summed E-state index contributed by atoms with van der Waals surface area (Å²) in [6.07, 6.45) is 0. The van der Waals surface area contributed by atoms with E-state index in [-0.39, 0.29) is 0 Å². The van der Waals surface area contributed by atoms with Crippen molar-refractivity contribution in [1.29, 1.82) is 0 Å². The first kappa shape index (κ1) is 7.20. The second-order valence-corrected chi connectivity index (χ2v) is 3.16. The van der Waals surface area contributed by atoms with E-state index in [0.717, 1.165) is 7.11 Å². The molecular formula is C2H5ClO3S. The van der Waals surface area contributed by atoms with Gasteiger partial charge in [-0.05, 0) is 0 Å². The van der Waals surface area contributed by atoms with Crippen LogP contribution in [0.5, 0.6) is 0 Å². The van der Waals surface area contributed by atoms with Gasteiger partial charge >= 0.3 is 0 Å². The maximum absolute atomic E-state index is 10.0. The summed E-state index contributed by atoms with van der Waals surface area (Å²) in [4.78, 5) is 0. The molecule has 0 spiro atoms. The summed E-state index contributed by atoms with van der Waals surface area (Å²) >= 11 is 4.88. The standard InChI is InChI=1S/C2H5ClO3S/c1-6-7(4,5)2-3/h2H2,1H3. The monoisotopic (exact) mass is 144 g/mol. The van der Waals surface area contributed by atoms with Gasteiger partial charge in [0.05, 0.1) is 7.11 Å². The van der Waals surface area contributed by atoms with Crippen LogP contribution in [0.4, 0.5) is 0 Å². The molecule has 0 saturated heterocycles. The zero-order valence-electron chi connectivity index (χ0n) is 3.72. The molecule has 7 heavy (non-hydrogen) atoms. The van der Waals surface area contributed by atoms with E-state index in [0.29, 0.717) is 0 Å². The fourth-order valence-electron chi connectivity index (χ4n) is 0.0445. The highest BCUT2D eigenvalue weighted by Crippen LogP contribution is 1.90. The lowest BCUT2D eigenvalue weighted by Gasteiger charge is -1.89. The highest BCUT2D eigenvalue weighted by Gasteiger charge is 2.02. The first-order chi connectivity index (χ1) is 3.12. The fraction of sp³-hybridized carbons (Fsp3) is 1.00. The molecule has 0 bridgehead atoms. The van der Waals surface area contributed by atoms with Crippen LogP contribution in [0.2, 0.25) is 0 Å². The third-order valence-electron chi connectivity index (χ3n) is 0.388. The molecule has 5 heteroatoms. The molecule has 0 aromatic heterocycles. The largest absolute Gasteiger partial charge is 0.281 e. The SMILES string of the molecule is COS(=O)(=O)CCl. The summed E-state index contributed by atoms with van der Waals surface area (Å²) in [6.45, 7) is 0. The molecule has 0 N–H and O–H groups in total. The van der Waals surface area contributed by atoms with Crippen molar-refractivity contribution in [3.05, 3.63) is 0 Å². The minimum absolute atomic E-state index is 0.483. The summed E-state index contributed by atoms with van der Waals surface area (Å²) in [5.41, 5.74) is 0. The van der Waals surface area contributed by atoms with Crippen LogP contribution >= 0.6 is 11.6 Å². The third kappa shape index (κ3) is 2.85. The van der Waals surface area contributed by atoms with Crippen LogP contribution in [-0.4, -0.2) is 20.7 Å². The average Bonchev–Trinajstić information content (AvgIpc) is 1.68. The van der Waals surface area contributed by atoms with Crippen LogP contribution in [0, 0.1) is 0 Å². The van der Waals surface area contributed by atoms with E-state index in [1.54, 1.807) is 0 Å². The van der Waals surface area contributed by atoms with Crippen LogP contribution in [0.25, 0.3) is 0 Å². The molecule has 0 saturated carbocycles. The van der Waals surface area contributed by atoms with Gasteiger partial charge in [-0.1, -0.05) is 0 Å². The molecule has 0 radical (unpaired) electrons. The summed E-state index contributed by atoms with van der Waals surface area (Å²) in [6, 6.07) is 0. The molecule has 0 aliphatic heterocycles. The van der Waals surface area contributed by atoms with Crippen LogP contribution < -0.4 is 0 Å². The van der Waals surface area contributed by atoms with Gasteiger partial charge in [0.1, 0.15) is 5.21 Å². The maximum atomic E-state index is 10.0. The predicted octanol–water partition coefficient (Wildman–Crippen LogP) is 0.159. The van der Waals surface area contributed by atoms with Crippen molar-refractivity contribution in [3.63, 3.8) is 0 Å². The summed E-state index contributed by atoms with van der Waals surface area (Å²) < 4.78 is 24.0. The molecule has 0 aromatic rings. The number of alkyl halides is 1. The van der Waals surface area contributed by atoms with Crippen molar-refractivity contribution in [2.45, 2.75) is 0 Å². The molecule has 0 atom stereocenters. The Hall–Kier alpha value is 0.200. The van der Waals surface area contributed by atoms with Crippen LogP contribution in [0.3, 0.4) is 0 Å². The Labute approximate surface area is 47.4 Å². The van der Waals surface area contributed by atoms with Gasteiger partial charge in [-0.15, -0.1) is 11.6 Å². The fourth-order valence-corrected chi connectivity index (χ4v) is 0.401.